The molecular weight excluding hydrogens is 234 g/mol. The fourth-order valence-corrected chi connectivity index (χ4v) is 2.16. The van der Waals surface area contributed by atoms with E-state index in [2.05, 4.69) is 68.6 Å². The highest BCUT2D eigenvalue weighted by atomic mass is 16.5. The van der Waals surface area contributed by atoms with E-state index >= 15 is 0 Å². The van der Waals surface area contributed by atoms with Gasteiger partial charge in [-0.3, -0.25) is 0 Å². The molecule has 0 aliphatic heterocycles. The van der Waals surface area contributed by atoms with Crippen LogP contribution in [0.1, 0.15) is 20.8 Å². The number of fused-ring (bicyclic) bond motifs is 1. The SMILES string of the molecule is CCNCC(Oc1cccc2ccccc12)C(C)C. The molecule has 19 heavy (non-hydrogen) atoms. The van der Waals surface area contributed by atoms with Gasteiger partial charge in [-0.25, -0.2) is 0 Å². The number of benzene rings is 2. The summed E-state index contributed by atoms with van der Waals surface area (Å²) in [4.78, 5) is 0. The van der Waals surface area contributed by atoms with Crippen molar-refractivity contribution in [2.45, 2.75) is 26.9 Å². The second-order valence-corrected chi connectivity index (χ2v) is 5.19. The molecule has 102 valence electrons. The van der Waals surface area contributed by atoms with Gasteiger partial charge < -0.3 is 10.1 Å². The van der Waals surface area contributed by atoms with Gasteiger partial charge in [-0.05, 0) is 23.9 Å². The van der Waals surface area contributed by atoms with Crippen LogP contribution in [0.3, 0.4) is 0 Å². The maximum Gasteiger partial charge on any atom is 0.127 e. The maximum atomic E-state index is 6.23. The van der Waals surface area contributed by atoms with E-state index in [0.717, 1.165) is 18.8 Å². The number of rotatable bonds is 6. The molecule has 1 atom stereocenters. The lowest BCUT2D eigenvalue weighted by Crippen LogP contribution is -2.35. The smallest absolute Gasteiger partial charge is 0.127 e. The van der Waals surface area contributed by atoms with Crippen LogP contribution < -0.4 is 10.1 Å². The summed E-state index contributed by atoms with van der Waals surface area (Å²) in [7, 11) is 0. The Hall–Kier alpha value is -1.54. The summed E-state index contributed by atoms with van der Waals surface area (Å²) in [6.07, 6.45) is 0.200. The second kappa shape index (κ2) is 6.58. The van der Waals surface area contributed by atoms with Crippen molar-refractivity contribution in [1.82, 2.24) is 5.32 Å². The zero-order valence-electron chi connectivity index (χ0n) is 12.0. The Bertz CT molecular complexity index is 516. The number of nitrogens with one attached hydrogen (secondary N) is 1. The molecule has 2 rings (SSSR count). The van der Waals surface area contributed by atoms with Gasteiger partial charge in [0, 0.05) is 11.9 Å². The van der Waals surface area contributed by atoms with E-state index in [1.807, 2.05) is 0 Å². The van der Waals surface area contributed by atoms with Gasteiger partial charge >= 0.3 is 0 Å². The molecule has 2 aromatic rings. The first-order valence-corrected chi connectivity index (χ1v) is 7.07. The van der Waals surface area contributed by atoms with Gasteiger partial charge in [0.25, 0.3) is 0 Å². The molecule has 0 amide bonds. The molecule has 0 heterocycles. The minimum atomic E-state index is 0.200. The molecule has 0 radical (unpaired) electrons. The molecule has 2 heteroatoms. The van der Waals surface area contributed by atoms with Crippen molar-refractivity contribution in [3.8, 4) is 5.75 Å². The van der Waals surface area contributed by atoms with Crippen LogP contribution in [0, 0.1) is 5.92 Å². The standard InChI is InChI=1S/C17H23NO/c1-4-18-12-17(13(2)3)19-16-11-7-9-14-8-5-6-10-15(14)16/h5-11,13,17-18H,4,12H2,1-3H3. The lowest BCUT2D eigenvalue weighted by Gasteiger charge is -2.23. The van der Waals surface area contributed by atoms with E-state index in [0.29, 0.717) is 5.92 Å². The van der Waals surface area contributed by atoms with Crippen molar-refractivity contribution in [3.05, 3.63) is 42.5 Å². The Kier molecular flexibility index (Phi) is 4.80. The summed E-state index contributed by atoms with van der Waals surface area (Å²) in [5.41, 5.74) is 0. The third-order valence-corrected chi connectivity index (χ3v) is 3.37. The molecule has 2 nitrogen and oxygen atoms in total. The molecule has 0 aliphatic rings. The summed E-state index contributed by atoms with van der Waals surface area (Å²) in [6.45, 7) is 8.38. The van der Waals surface area contributed by atoms with E-state index < -0.39 is 0 Å². The van der Waals surface area contributed by atoms with Gasteiger partial charge in [0.05, 0.1) is 0 Å². The van der Waals surface area contributed by atoms with Crippen molar-refractivity contribution in [2.24, 2.45) is 5.92 Å². The number of ether oxygens (including phenoxy) is 1. The quantitative estimate of drug-likeness (QED) is 0.848. The largest absolute Gasteiger partial charge is 0.488 e. The van der Waals surface area contributed by atoms with Gasteiger partial charge in [-0.15, -0.1) is 0 Å². The first-order valence-electron chi connectivity index (χ1n) is 7.07. The average molecular weight is 257 g/mol. The van der Waals surface area contributed by atoms with Crippen LogP contribution >= 0.6 is 0 Å². The summed E-state index contributed by atoms with van der Waals surface area (Å²) in [5, 5.41) is 5.79. The van der Waals surface area contributed by atoms with E-state index in [1.54, 1.807) is 0 Å². The second-order valence-electron chi connectivity index (χ2n) is 5.19. The van der Waals surface area contributed by atoms with Gasteiger partial charge in [-0.2, -0.15) is 0 Å². The van der Waals surface area contributed by atoms with E-state index in [9.17, 15) is 0 Å². The van der Waals surface area contributed by atoms with Crippen LogP contribution in [0.4, 0.5) is 0 Å². The topological polar surface area (TPSA) is 21.3 Å². The molecule has 0 aliphatic carbocycles. The fourth-order valence-electron chi connectivity index (χ4n) is 2.16. The highest BCUT2D eigenvalue weighted by Gasteiger charge is 2.15. The van der Waals surface area contributed by atoms with Gasteiger partial charge in [0.1, 0.15) is 11.9 Å². The van der Waals surface area contributed by atoms with Crippen LogP contribution in [0.5, 0.6) is 5.75 Å². The molecule has 1 N–H and O–H groups in total. The lowest BCUT2D eigenvalue weighted by atomic mass is 10.1. The first kappa shape index (κ1) is 13.9. The van der Waals surface area contributed by atoms with E-state index in [-0.39, 0.29) is 6.10 Å². The Labute approximate surface area is 115 Å². The van der Waals surface area contributed by atoms with Crippen molar-refractivity contribution in [1.29, 1.82) is 0 Å². The van der Waals surface area contributed by atoms with Crippen LogP contribution in [-0.2, 0) is 0 Å². The van der Waals surface area contributed by atoms with Gasteiger partial charge in [0.2, 0.25) is 0 Å². The highest BCUT2D eigenvalue weighted by molar-refractivity contribution is 5.88. The maximum absolute atomic E-state index is 6.23. The Morgan fingerprint density at radius 2 is 1.79 bits per heavy atom. The van der Waals surface area contributed by atoms with E-state index in [4.69, 9.17) is 4.74 Å². The average Bonchev–Trinajstić information content (AvgIpc) is 2.43. The summed E-state index contributed by atoms with van der Waals surface area (Å²) < 4.78 is 6.23. The fraction of sp³-hybridized carbons (Fsp3) is 0.412. The minimum Gasteiger partial charge on any atom is -0.488 e. The number of hydrogen-bond donors (Lipinski definition) is 1. The monoisotopic (exact) mass is 257 g/mol. The molecule has 0 aromatic heterocycles. The molecule has 1 unspecified atom stereocenters. The molecule has 0 spiro atoms. The predicted octanol–water partition coefficient (Wildman–Crippen LogP) is 3.85. The molecule has 0 bridgehead atoms. The van der Waals surface area contributed by atoms with Gasteiger partial charge in [0.15, 0.2) is 0 Å². The predicted molar refractivity (Wildman–Crippen MR) is 81.7 cm³/mol. The first-order chi connectivity index (χ1) is 9.22. The zero-order valence-corrected chi connectivity index (χ0v) is 12.0. The highest BCUT2D eigenvalue weighted by Crippen LogP contribution is 2.27. The van der Waals surface area contributed by atoms with Crippen LogP contribution in [0.2, 0.25) is 0 Å². The summed E-state index contributed by atoms with van der Waals surface area (Å²) in [5.74, 6) is 1.47. The Morgan fingerprint density at radius 3 is 2.53 bits per heavy atom. The third-order valence-electron chi connectivity index (χ3n) is 3.37. The normalized spacial score (nSPS) is 12.8. The van der Waals surface area contributed by atoms with Crippen molar-refractivity contribution in [2.75, 3.05) is 13.1 Å². The van der Waals surface area contributed by atoms with Crippen molar-refractivity contribution >= 4 is 10.8 Å². The van der Waals surface area contributed by atoms with Gasteiger partial charge in [-0.1, -0.05) is 57.2 Å². The molecule has 0 saturated heterocycles. The van der Waals surface area contributed by atoms with Crippen LogP contribution in [0.15, 0.2) is 42.5 Å². The molecule has 0 saturated carbocycles. The van der Waals surface area contributed by atoms with Crippen LogP contribution in [0.25, 0.3) is 10.8 Å². The molecule has 2 aromatic carbocycles. The Morgan fingerprint density at radius 1 is 1.05 bits per heavy atom. The van der Waals surface area contributed by atoms with Crippen molar-refractivity contribution < 1.29 is 4.74 Å². The van der Waals surface area contributed by atoms with Crippen molar-refractivity contribution in [3.63, 3.8) is 0 Å². The summed E-state index contributed by atoms with van der Waals surface area (Å²) in [6, 6.07) is 14.6. The van der Waals surface area contributed by atoms with Crippen LogP contribution in [-0.4, -0.2) is 19.2 Å². The summed E-state index contributed by atoms with van der Waals surface area (Å²) >= 11 is 0. The zero-order chi connectivity index (χ0) is 13.7. The lowest BCUT2D eigenvalue weighted by molar-refractivity contribution is 0.152. The number of likely N-dealkylation sites (N-methyl/N-ethyl adjacent to an activating group) is 1. The number of hydrogen-bond acceptors (Lipinski definition) is 2. The minimum absolute atomic E-state index is 0.200. The Balaban J connectivity index is 2.23. The molecular formula is C17H23NO. The van der Waals surface area contributed by atoms with E-state index in [1.165, 1.54) is 10.8 Å². The third kappa shape index (κ3) is 3.48. The molecule has 0 fully saturated rings.